The smallest absolute Gasteiger partial charge is 0.189 e. The van der Waals surface area contributed by atoms with E-state index in [9.17, 15) is 5.11 Å². The van der Waals surface area contributed by atoms with Gasteiger partial charge in [-0.05, 0) is 23.5 Å². The maximum Gasteiger partial charge on any atom is 0.189 e. The minimum atomic E-state index is -0.815. The van der Waals surface area contributed by atoms with Crippen LogP contribution in [0.4, 0.5) is 0 Å². The van der Waals surface area contributed by atoms with Crippen LogP contribution in [-0.4, -0.2) is 17.5 Å². The normalized spacial score (nSPS) is 24.5. The van der Waals surface area contributed by atoms with E-state index in [1.165, 1.54) is 11.1 Å². The predicted octanol–water partition coefficient (Wildman–Crippen LogP) is 2.46. The molecule has 82 valence electrons. The molecule has 1 aromatic carbocycles. The Bertz CT molecular complexity index is 340. The van der Waals surface area contributed by atoms with Crippen LogP contribution in [-0.2, 0) is 11.2 Å². The van der Waals surface area contributed by atoms with Crippen molar-refractivity contribution in [2.75, 3.05) is 6.61 Å². The Labute approximate surface area is 90.9 Å². The minimum Gasteiger partial charge on any atom is -0.364 e. The summed E-state index contributed by atoms with van der Waals surface area (Å²) in [6.45, 7) is 4.89. The molecule has 1 saturated heterocycles. The number of epoxide rings is 1. The highest BCUT2D eigenvalue weighted by atomic mass is 16.7. The maximum atomic E-state index is 9.60. The van der Waals surface area contributed by atoms with Gasteiger partial charge in [0.2, 0.25) is 0 Å². The highest BCUT2D eigenvalue weighted by Crippen LogP contribution is 2.30. The zero-order valence-corrected chi connectivity index (χ0v) is 9.36. The molecule has 1 fully saturated rings. The van der Waals surface area contributed by atoms with Crippen molar-refractivity contribution in [2.24, 2.45) is 0 Å². The molecule has 1 aliphatic rings. The van der Waals surface area contributed by atoms with Gasteiger partial charge in [-0.15, -0.1) is 0 Å². The van der Waals surface area contributed by atoms with Gasteiger partial charge in [0.1, 0.15) is 6.61 Å². The van der Waals surface area contributed by atoms with Crippen molar-refractivity contribution in [1.82, 2.24) is 0 Å². The van der Waals surface area contributed by atoms with Gasteiger partial charge < -0.3 is 9.84 Å². The lowest BCUT2D eigenvalue weighted by Crippen LogP contribution is -2.11. The number of aliphatic hydroxyl groups is 1. The highest BCUT2D eigenvalue weighted by Gasteiger charge is 2.41. The van der Waals surface area contributed by atoms with E-state index in [2.05, 4.69) is 38.1 Å². The van der Waals surface area contributed by atoms with E-state index >= 15 is 0 Å². The van der Waals surface area contributed by atoms with Crippen LogP contribution in [0.5, 0.6) is 0 Å². The Morgan fingerprint density at radius 3 is 2.67 bits per heavy atom. The molecular weight excluding hydrogens is 188 g/mol. The monoisotopic (exact) mass is 206 g/mol. The fourth-order valence-corrected chi connectivity index (χ4v) is 1.88. The third-order valence-corrected chi connectivity index (χ3v) is 2.94. The van der Waals surface area contributed by atoms with Crippen LogP contribution in [0.25, 0.3) is 0 Å². The van der Waals surface area contributed by atoms with E-state index in [0.29, 0.717) is 18.9 Å². The molecule has 0 saturated carbocycles. The first-order valence-electron chi connectivity index (χ1n) is 5.55. The first-order valence-corrected chi connectivity index (χ1v) is 5.55. The molecule has 0 bridgehead atoms. The van der Waals surface area contributed by atoms with Crippen molar-refractivity contribution in [3.63, 3.8) is 0 Å². The van der Waals surface area contributed by atoms with Gasteiger partial charge in [-0.2, -0.15) is 0 Å². The number of hydrogen-bond acceptors (Lipinski definition) is 2. The van der Waals surface area contributed by atoms with Crippen molar-refractivity contribution in [2.45, 2.75) is 38.4 Å². The molecule has 1 unspecified atom stereocenters. The van der Waals surface area contributed by atoms with Gasteiger partial charge in [0.25, 0.3) is 0 Å². The van der Waals surface area contributed by atoms with E-state index in [4.69, 9.17) is 4.74 Å². The molecule has 0 radical (unpaired) electrons. The Morgan fingerprint density at radius 2 is 2.07 bits per heavy atom. The fraction of sp³-hybridized carbons (Fsp3) is 0.538. The van der Waals surface area contributed by atoms with Gasteiger partial charge in [0.05, 0.1) is 0 Å². The second kappa shape index (κ2) is 3.95. The lowest BCUT2D eigenvalue weighted by Gasteiger charge is -2.13. The molecule has 0 aliphatic carbocycles. The predicted molar refractivity (Wildman–Crippen MR) is 59.8 cm³/mol. The lowest BCUT2D eigenvalue weighted by molar-refractivity contribution is 0.0291. The van der Waals surface area contributed by atoms with Crippen molar-refractivity contribution < 1.29 is 9.84 Å². The molecule has 0 aromatic heterocycles. The quantitative estimate of drug-likeness (QED) is 0.767. The highest BCUT2D eigenvalue weighted by molar-refractivity contribution is 5.29. The van der Waals surface area contributed by atoms with Crippen LogP contribution in [0.15, 0.2) is 24.3 Å². The summed E-state index contributed by atoms with van der Waals surface area (Å²) in [6, 6.07) is 8.43. The van der Waals surface area contributed by atoms with Crippen LogP contribution in [0, 0.1) is 0 Å². The summed E-state index contributed by atoms with van der Waals surface area (Å²) in [5.41, 5.74) is 2.71. The van der Waals surface area contributed by atoms with Crippen LogP contribution in [0.3, 0.4) is 0 Å². The summed E-state index contributed by atoms with van der Waals surface area (Å²) in [5.74, 6) is -0.277. The Morgan fingerprint density at radius 1 is 1.40 bits per heavy atom. The number of aryl methyl sites for hydroxylation is 1. The fourth-order valence-electron chi connectivity index (χ4n) is 1.88. The van der Waals surface area contributed by atoms with Gasteiger partial charge in [0, 0.05) is 6.42 Å². The van der Waals surface area contributed by atoms with E-state index < -0.39 is 5.79 Å². The first-order chi connectivity index (χ1) is 7.11. The first kappa shape index (κ1) is 10.7. The summed E-state index contributed by atoms with van der Waals surface area (Å²) in [6.07, 6.45) is 1.60. The summed E-state index contributed by atoms with van der Waals surface area (Å²) >= 11 is 0. The summed E-state index contributed by atoms with van der Waals surface area (Å²) in [5, 5.41) is 9.60. The Hall–Kier alpha value is -0.860. The molecule has 1 N–H and O–H groups in total. The average Bonchev–Trinajstić information content (AvgIpc) is 2.95. The third kappa shape index (κ3) is 2.58. The molecule has 1 aliphatic heterocycles. The van der Waals surface area contributed by atoms with Gasteiger partial charge in [0.15, 0.2) is 5.79 Å². The van der Waals surface area contributed by atoms with Crippen LogP contribution in [0.2, 0.25) is 0 Å². The zero-order valence-electron chi connectivity index (χ0n) is 9.36. The topological polar surface area (TPSA) is 32.8 Å². The standard InChI is InChI=1S/C13H18O2/c1-10(2)12-6-4-3-5-11(12)7-8-13(14)9-15-13/h3-6,10,14H,7-9H2,1-2H3. The second-order valence-corrected chi connectivity index (χ2v) is 4.59. The zero-order chi connectivity index (χ0) is 10.9. The van der Waals surface area contributed by atoms with Crippen molar-refractivity contribution in [3.05, 3.63) is 35.4 Å². The molecule has 0 amide bonds. The molecule has 2 heteroatoms. The van der Waals surface area contributed by atoms with Crippen LogP contribution < -0.4 is 0 Å². The number of rotatable bonds is 4. The molecule has 2 nitrogen and oxygen atoms in total. The number of benzene rings is 1. The van der Waals surface area contributed by atoms with Gasteiger partial charge >= 0.3 is 0 Å². The largest absolute Gasteiger partial charge is 0.364 e. The summed E-state index contributed by atoms with van der Waals surface area (Å²) < 4.78 is 4.97. The van der Waals surface area contributed by atoms with Crippen molar-refractivity contribution in [1.29, 1.82) is 0 Å². The van der Waals surface area contributed by atoms with E-state index in [1.807, 2.05) is 0 Å². The Kier molecular flexibility index (Phi) is 2.81. The molecule has 2 rings (SSSR count). The number of hydrogen-bond donors (Lipinski definition) is 1. The van der Waals surface area contributed by atoms with E-state index in [0.717, 1.165) is 6.42 Å². The van der Waals surface area contributed by atoms with Crippen molar-refractivity contribution in [3.8, 4) is 0 Å². The summed E-state index contributed by atoms with van der Waals surface area (Å²) in [4.78, 5) is 0. The van der Waals surface area contributed by atoms with Gasteiger partial charge in [-0.3, -0.25) is 0 Å². The molecular formula is C13H18O2. The molecule has 15 heavy (non-hydrogen) atoms. The lowest BCUT2D eigenvalue weighted by atomic mass is 9.94. The molecule has 1 aromatic rings. The third-order valence-electron chi connectivity index (χ3n) is 2.94. The van der Waals surface area contributed by atoms with Crippen LogP contribution >= 0.6 is 0 Å². The maximum absolute atomic E-state index is 9.60. The van der Waals surface area contributed by atoms with Crippen molar-refractivity contribution >= 4 is 0 Å². The average molecular weight is 206 g/mol. The van der Waals surface area contributed by atoms with Crippen LogP contribution in [0.1, 0.15) is 37.3 Å². The molecule has 1 heterocycles. The Balaban J connectivity index is 2.06. The van der Waals surface area contributed by atoms with Gasteiger partial charge in [-0.1, -0.05) is 38.1 Å². The minimum absolute atomic E-state index is 0.497. The van der Waals surface area contributed by atoms with E-state index in [-0.39, 0.29) is 0 Å². The molecule has 1 atom stereocenters. The number of ether oxygens (including phenoxy) is 1. The molecule has 0 spiro atoms. The SMILES string of the molecule is CC(C)c1ccccc1CCC1(O)CO1. The second-order valence-electron chi connectivity index (χ2n) is 4.59. The van der Waals surface area contributed by atoms with Gasteiger partial charge in [-0.25, -0.2) is 0 Å². The summed E-state index contributed by atoms with van der Waals surface area (Å²) in [7, 11) is 0. The van der Waals surface area contributed by atoms with E-state index in [1.54, 1.807) is 0 Å².